The van der Waals surface area contributed by atoms with Gasteiger partial charge in [0.25, 0.3) is 5.91 Å². The number of hydrogen-bond donors (Lipinski definition) is 1. The van der Waals surface area contributed by atoms with Crippen LogP contribution in [0.25, 0.3) is 10.1 Å². The van der Waals surface area contributed by atoms with Crippen LogP contribution in [0.3, 0.4) is 0 Å². The summed E-state index contributed by atoms with van der Waals surface area (Å²) in [4.78, 5) is 25.2. The highest BCUT2D eigenvalue weighted by Gasteiger charge is 2.19. The quantitative estimate of drug-likeness (QED) is 0.147. The molecule has 0 fully saturated rings. The smallest absolute Gasteiger partial charge is 0.355 e. The van der Waals surface area contributed by atoms with E-state index in [0.717, 1.165) is 10.1 Å². The molecule has 0 atom stereocenters. The summed E-state index contributed by atoms with van der Waals surface area (Å²) in [7, 11) is 0. The van der Waals surface area contributed by atoms with Gasteiger partial charge < -0.3 is 4.74 Å². The minimum atomic E-state index is -0.525. The number of fused-ring (bicyclic) bond motifs is 1. The van der Waals surface area contributed by atoms with Crippen LogP contribution in [0.15, 0.2) is 82.4 Å². The third-order valence-corrected chi connectivity index (χ3v) is 6.63. The molecule has 8 heteroatoms. The van der Waals surface area contributed by atoms with Crippen molar-refractivity contribution in [1.82, 2.24) is 5.43 Å². The average molecular weight is 514 g/mol. The van der Waals surface area contributed by atoms with Gasteiger partial charge in [0, 0.05) is 14.6 Å². The Morgan fingerprint density at radius 1 is 1.03 bits per heavy atom. The second-order valence-electron chi connectivity index (χ2n) is 6.38. The third-order valence-electron chi connectivity index (χ3n) is 4.29. The number of rotatable bonds is 5. The Kier molecular flexibility index (Phi) is 6.46. The van der Waals surface area contributed by atoms with Gasteiger partial charge in [0.15, 0.2) is 0 Å². The van der Waals surface area contributed by atoms with Crippen molar-refractivity contribution in [3.63, 3.8) is 0 Å². The topological polar surface area (TPSA) is 67.8 Å². The first-order valence-corrected chi connectivity index (χ1v) is 11.1. The van der Waals surface area contributed by atoms with Crippen LogP contribution in [-0.4, -0.2) is 18.1 Å². The van der Waals surface area contributed by atoms with Crippen LogP contribution in [-0.2, 0) is 0 Å². The van der Waals surface area contributed by atoms with Crippen molar-refractivity contribution in [3.05, 3.63) is 98.3 Å². The number of esters is 1. The first-order chi connectivity index (χ1) is 15.0. The lowest BCUT2D eigenvalue weighted by atomic mass is 10.2. The fourth-order valence-corrected chi connectivity index (χ4v) is 4.68. The van der Waals surface area contributed by atoms with Gasteiger partial charge in [-0.15, -0.1) is 11.3 Å². The zero-order chi connectivity index (χ0) is 21.8. The number of nitrogens with zero attached hydrogens (tertiary/aromatic N) is 1. The van der Waals surface area contributed by atoms with Gasteiger partial charge in [-0.2, -0.15) is 5.10 Å². The van der Waals surface area contributed by atoms with E-state index in [4.69, 9.17) is 16.3 Å². The molecule has 0 aliphatic heterocycles. The van der Waals surface area contributed by atoms with Crippen LogP contribution >= 0.6 is 38.9 Å². The molecule has 0 saturated carbocycles. The molecule has 5 nitrogen and oxygen atoms in total. The summed E-state index contributed by atoms with van der Waals surface area (Å²) in [6, 6.07) is 21.4. The molecule has 0 aliphatic rings. The second-order valence-corrected chi connectivity index (χ2v) is 8.67. The van der Waals surface area contributed by atoms with Crippen LogP contribution in [0.4, 0.5) is 0 Å². The van der Waals surface area contributed by atoms with E-state index in [1.807, 2.05) is 30.3 Å². The summed E-state index contributed by atoms with van der Waals surface area (Å²) < 4.78 is 7.09. The molecule has 1 heterocycles. The van der Waals surface area contributed by atoms with Crippen molar-refractivity contribution in [2.24, 2.45) is 5.10 Å². The van der Waals surface area contributed by atoms with E-state index in [-0.39, 0.29) is 5.91 Å². The largest absolute Gasteiger partial charge is 0.422 e. The molecule has 3 aromatic carbocycles. The lowest BCUT2D eigenvalue weighted by Gasteiger charge is -2.04. The van der Waals surface area contributed by atoms with Crippen molar-refractivity contribution in [2.45, 2.75) is 0 Å². The number of amides is 1. The molecule has 0 bridgehead atoms. The Morgan fingerprint density at radius 3 is 2.61 bits per heavy atom. The van der Waals surface area contributed by atoms with Gasteiger partial charge in [-0.05, 0) is 51.8 Å². The molecule has 4 aromatic rings. The molecule has 1 N–H and O–H groups in total. The molecule has 4 rings (SSSR count). The molecule has 31 heavy (non-hydrogen) atoms. The maximum atomic E-state index is 12.6. The first kappa shape index (κ1) is 21.2. The highest BCUT2D eigenvalue weighted by Crippen LogP contribution is 2.35. The lowest BCUT2D eigenvalue weighted by molar-refractivity contribution is 0.0740. The Labute approximate surface area is 195 Å². The van der Waals surface area contributed by atoms with Gasteiger partial charge in [-0.1, -0.05) is 54.1 Å². The maximum absolute atomic E-state index is 12.6. The second kappa shape index (κ2) is 9.43. The van der Waals surface area contributed by atoms with E-state index in [1.165, 1.54) is 17.6 Å². The SMILES string of the molecule is O=C(N/N=C/c1cccc(OC(=O)c2sc3ccccc3c2Cl)c1)c1ccccc1Br. The zero-order valence-corrected chi connectivity index (χ0v) is 19.0. The molecule has 0 unspecified atom stereocenters. The summed E-state index contributed by atoms with van der Waals surface area (Å²) in [5.41, 5.74) is 3.60. The predicted octanol–water partition coefficient (Wildman–Crippen LogP) is 6.30. The Morgan fingerprint density at radius 2 is 1.81 bits per heavy atom. The zero-order valence-electron chi connectivity index (χ0n) is 15.8. The van der Waals surface area contributed by atoms with Crippen molar-refractivity contribution >= 4 is 67.0 Å². The number of ether oxygens (including phenoxy) is 1. The highest BCUT2D eigenvalue weighted by molar-refractivity contribution is 9.10. The lowest BCUT2D eigenvalue weighted by Crippen LogP contribution is -2.18. The summed E-state index contributed by atoms with van der Waals surface area (Å²) in [5.74, 6) is -0.521. The third kappa shape index (κ3) is 4.85. The van der Waals surface area contributed by atoms with E-state index in [0.29, 0.717) is 31.2 Å². The van der Waals surface area contributed by atoms with Crippen LogP contribution in [0, 0.1) is 0 Å². The van der Waals surface area contributed by atoms with Crippen molar-refractivity contribution in [1.29, 1.82) is 0 Å². The van der Waals surface area contributed by atoms with Crippen LogP contribution in [0.2, 0.25) is 5.02 Å². The fourth-order valence-electron chi connectivity index (χ4n) is 2.83. The maximum Gasteiger partial charge on any atom is 0.355 e. The number of thiophene rings is 1. The van der Waals surface area contributed by atoms with E-state index in [1.54, 1.807) is 42.5 Å². The van der Waals surface area contributed by atoms with E-state index in [2.05, 4.69) is 26.5 Å². The normalized spacial score (nSPS) is 11.0. The van der Waals surface area contributed by atoms with E-state index < -0.39 is 5.97 Å². The van der Waals surface area contributed by atoms with Crippen LogP contribution < -0.4 is 10.2 Å². The number of hydrazone groups is 1. The molecular weight excluding hydrogens is 500 g/mol. The highest BCUT2D eigenvalue weighted by atomic mass is 79.9. The Hall–Kier alpha value is -3.00. The Bertz CT molecular complexity index is 1320. The number of nitrogens with one attached hydrogen (secondary N) is 1. The summed E-state index contributed by atoms with van der Waals surface area (Å²) in [6.45, 7) is 0. The van der Waals surface area contributed by atoms with Crippen LogP contribution in [0.1, 0.15) is 25.6 Å². The molecule has 0 aliphatic carbocycles. The summed E-state index contributed by atoms with van der Waals surface area (Å²) in [6.07, 6.45) is 1.47. The van der Waals surface area contributed by atoms with Crippen molar-refractivity contribution in [2.75, 3.05) is 0 Å². The minimum absolute atomic E-state index is 0.342. The van der Waals surface area contributed by atoms with E-state index in [9.17, 15) is 9.59 Å². The molecule has 0 saturated heterocycles. The first-order valence-electron chi connectivity index (χ1n) is 9.10. The fraction of sp³-hybridized carbons (Fsp3) is 0. The standard InChI is InChI=1S/C23H14BrClN2O3S/c24-18-10-3-1-8-16(18)22(28)27-26-13-14-6-5-7-15(12-14)30-23(29)21-20(25)17-9-2-4-11-19(17)31-21/h1-13H,(H,27,28)/b26-13+. The predicted molar refractivity (Wildman–Crippen MR) is 127 cm³/mol. The molecule has 0 radical (unpaired) electrons. The van der Waals surface area contributed by atoms with E-state index >= 15 is 0 Å². The summed E-state index contributed by atoms with van der Waals surface area (Å²) >= 11 is 11.0. The number of halogens is 2. The molecule has 1 amide bonds. The van der Waals surface area contributed by atoms with Crippen LogP contribution in [0.5, 0.6) is 5.75 Å². The van der Waals surface area contributed by atoms with Gasteiger partial charge in [0.1, 0.15) is 10.6 Å². The minimum Gasteiger partial charge on any atom is -0.422 e. The number of carbonyl (C=O) groups excluding carboxylic acids is 2. The molecule has 0 spiro atoms. The van der Waals surface area contributed by atoms with Gasteiger partial charge in [-0.25, -0.2) is 10.2 Å². The van der Waals surface area contributed by atoms with Gasteiger partial charge in [0.2, 0.25) is 0 Å². The molecule has 1 aromatic heterocycles. The Balaban J connectivity index is 1.45. The number of carbonyl (C=O) groups is 2. The number of hydrogen-bond acceptors (Lipinski definition) is 5. The summed E-state index contributed by atoms with van der Waals surface area (Å²) in [5, 5.41) is 5.18. The van der Waals surface area contributed by atoms with Crippen molar-refractivity contribution in [3.8, 4) is 5.75 Å². The number of benzene rings is 3. The molecular formula is C23H14BrClN2O3S. The van der Waals surface area contributed by atoms with Gasteiger partial charge in [-0.3, -0.25) is 4.79 Å². The van der Waals surface area contributed by atoms with Crippen molar-refractivity contribution < 1.29 is 14.3 Å². The molecule has 154 valence electrons. The monoisotopic (exact) mass is 512 g/mol. The average Bonchev–Trinajstić information content (AvgIpc) is 3.11. The van der Waals surface area contributed by atoms with Gasteiger partial charge >= 0.3 is 5.97 Å². The van der Waals surface area contributed by atoms with Gasteiger partial charge in [0.05, 0.1) is 16.8 Å².